The Labute approximate surface area is 179 Å². The number of nitrogens with two attached hydrogens (primary N) is 1. The number of hydrogen-bond acceptors (Lipinski definition) is 7. The predicted octanol–water partition coefficient (Wildman–Crippen LogP) is 2.57. The Morgan fingerprint density at radius 2 is 1.84 bits per heavy atom. The minimum absolute atomic E-state index is 0.0682. The molecule has 1 amide bonds. The van der Waals surface area contributed by atoms with Crippen molar-refractivity contribution >= 4 is 30.5 Å². The number of aromatic amines is 2. The topological polar surface area (TPSA) is 152 Å². The van der Waals surface area contributed by atoms with E-state index in [9.17, 15) is 14.2 Å². The summed E-state index contributed by atoms with van der Waals surface area (Å²) in [6, 6.07) is 7.08. The first-order valence-electron chi connectivity index (χ1n) is 9.96. The van der Waals surface area contributed by atoms with Crippen molar-refractivity contribution in [1.82, 2.24) is 20.3 Å². The lowest BCUT2D eigenvalue weighted by Crippen LogP contribution is -2.25. The third-order valence-corrected chi connectivity index (χ3v) is 6.47. The maximum Gasteiger partial charge on any atom is 0.349 e. The molecule has 5 N–H and O–H groups in total. The molecule has 3 rings (SSSR count). The fourth-order valence-corrected chi connectivity index (χ4v) is 4.59. The van der Waals surface area contributed by atoms with E-state index in [4.69, 9.17) is 14.8 Å². The van der Waals surface area contributed by atoms with Gasteiger partial charge >= 0.3 is 7.60 Å². The van der Waals surface area contributed by atoms with Crippen molar-refractivity contribution in [3.63, 3.8) is 0 Å². The van der Waals surface area contributed by atoms with Gasteiger partial charge in [-0.1, -0.05) is 12.1 Å². The average molecular weight is 447 g/mol. The number of anilines is 1. The van der Waals surface area contributed by atoms with E-state index < -0.39 is 7.60 Å². The van der Waals surface area contributed by atoms with Gasteiger partial charge in [-0.05, 0) is 49.9 Å². The second-order valence-corrected chi connectivity index (χ2v) is 8.85. The maximum absolute atomic E-state index is 12.4. The summed E-state index contributed by atoms with van der Waals surface area (Å²) >= 11 is 0. The number of amides is 1. The van der Waals surface area contributed by atoms with Crippen molar-refractivity contribution in [2.24, 2.45) is 0 Å². The number of nitrogens with zero attached hydrogens (tertiary/aromatic N) is 1. The summed E-state index contributed by atoms with van der Waals surface area (Å²) in [4.78, 5) is 34.1. The molecule has 0 aliphatic rings. The molecule has 1 aromatic carbocycles. The molecule has 166 valence electrons. The van der Waals surface area contributed by atoms with Crippen LogP contribution in [0.5, 0.6) is 0 Å². The van der Waals surface area contributed by atoms with Crippen LogP contribution in [0.1, 0.15) is 35.3 Å². The van der Waals surface area contributed by atoms with Crippen LogP contribution in [0.3, 0.4) is 0 Å². The van der Waals surface area contributed by atoms with E-state index in [1.54, 1.807) is 32.2 Å². The molecular formula is C20H26N5O5P. The number of benzene rings is 1. The summed E-state index contributed by atoms with van der Waals surface area (Å²) < 4.78 is 22.8. The Morgan fingerprint density at radius 1 is 1.16 bits per heavy atom. The van der Waals surface area contributed by atoms with Crippen LogP contribution in [0.2, 0.25) is 0 Å². The normalized spacial score (nSPS) is 11.7. The summed E-state index contributed by atoms with van der Waals surface area (Å²) in [6.07, 6.45) is 2.85. The van der Waals surface area contributed by atoms with Gasteiger partial charge in [0, 0.05) is 11.8 Å². The molecule has 3 aromatic rings. The Bertz CT molecular complexity index is 1140. The SMILES string of the molecule is CCOP(=O)(CNC(=O)c1ccc(CCc2c[nH]c3nc(N)[nH]c(=O)c23)cc1)OCC. The summed E-state index contributed by atoms with van der Waals surface area (Å²) in [6.45, 7) is 3.89. The number of fused-ring (bicyclic) bond motifs is 1. The molecule has 2 aromatic heterocycles. The van der Waals surface area contributed by atoms with Crippen molar-refractivity contribution in [2.45, 2.75) is 26.7 Å². The first kappa shape index (κ1) is 22.7. The van der Waals surface area contributed by atoms with Gasteiger partial charge in [-0.2, -0.15) is 4.98 Å². The molecule has 0 spiro atoms. The third-order valence-electron chi connectivity index (χ3n) is 4.63. The standard InChI is InChI=1S/C20H26N5O5P/c1-3-29-31(28,30-4-2)12-23-18(26)14-8-5-13(6-9-14)7-10-15-11-22-17-16(15)19(27)25-20(21)24-17/h5-6,8-9,11H,3-4,7,10,12H2,1-2H3,(H,23,26)(H4,21,22,24,25,27). The second-order valence-electron chi connectivity index (χ2n) is 6.80. The van der Waals surface area contributed by atoms with Crippen LogP contribution < -0.4 is 16.6 Å². The van der Waals surface area contributed by atoms with Gasteiger partial charge < -0.3 is 25.1 Å². The number of nitrogen functional groups attached to an aromatic ring is 1. The summed E-state index contributed by atoms with van der Waals surface area (Å²) in [5, 5.41) is 3.10. The number of carbonyl (C=O) groups excluding carboxylic acids is 1. The zero-order chi connectivity index (χ0) is 22.4. The van der Waals surface area contributed by atoms with E-state index >= 15 is 0 Å². The van der Waals surface area contributed by atoms with Crippen LogP contribution in [0, 0.1) is 0 Å². The third kappa shape index (κ3) is 5.61. The zero-order valence-electron chi connectivity index (χ0n) is 17.4. The molecule has 0 aliphatic carbocycles. The number of aromatic nitrogens is 3. The molecule has 0 saturated heterocycles. The van der Waals surface area contributed by atoms with Gasteiger partial charge in [0.2, 0.25) is 5.95 Å². The van der Waals surface area contributed by atoms with Crippen LogP contribution in [0.15, 0.2) is 35.3 Å². The van der Waals surface area contributed by atoms with Crippen molar-refractivity contribution in [3.05, 3.63) is 57.5 Å². The predicted molar refractivity (Wildman–Crippen MR) is 118 cm³/mol. The molecule has 0 fully saturated rings. The molecule has 10 nitrogen and oxygen atoms in total. The van der Waals surface area contributed by atoms with Crippen LogP contribution in [-0.2, 0) is 26.5 Å². The van der Waals surface area contributed by atoms with Crippen molar-refractivity contribution < 1.29 is 18.4 Å². The Morgan fingerprint density at radius 3 is 2.48 bits per heavy atom. The highest BCUT2D eigenvalue weighted by Crippen LogP contribution is 2.46. The second kappa shape index (κ2) is 9.91. The van der Waals surface area contributed by atoms with Gasteiger partial charge in [-0.3, -0.25) is 19.1 Å². The van der Waals surface area contributed by atoms with Crippen molar-refractivity contribution in [3.8, 4) is 0 Å². The quantitative estimate of drug-likeness (QED) is 0.349. The van der Waals surface area contributed by atoms with E-state index in [2.05, 4.69) is 20.3 Å². The number of H-pyrrole nitrogens is 2. The Hall–Kier alpha value is -2.94. The van der Waals surface area contributed by atoms with Crippen molar-refractivity contribution in [2.75, 3.05) is 25.2 Å². The minimum atomic E-state index is -3.35. The summed E-state index contributed by atoms with van der Waals surface area (Å²) in [5.74, 6) is -0.295. The highest BCUT2D eigenvalue weighted by Gasteiger charge is 2.24. The van der Waals surface area contributed by atoms with E-state index in [0.717, 1.165) is 11.1 Å². The molecule has 2 heterocycles. The monoisotopic (exact) mass is 447 g/mol. The number of carbonyl (C=O) groups is 1. The van der Waals surface area contributed by atoms with E-state index in [-0.39, 0.29) is 36.9 Å². The number of rotatable bonds is 10. The zero-order valence-corrected chi connectivity index (χ0v) is 18.3. The van der Waals surface area contributed by atoms with Crippen LogP contribution >= 0.6 is 7.60 Å². The molecule has 0 unspecified atom stereocenters. The van der Waals surface area contributed by atoms with Crippen LogP contribution in [0.25, 0.3) is 11.0 Å². The lowest BCUT2D eigenvalue weighted by atomic mass is 10.0. The summed E-state index contributed by atoms with van der Waals surface area (Å²) in [7, 11) is -3.35. The number of aryl methyl sites for hydroxylation is 2. The number of hydrogen-bond donors (Lipinski definition) is 4. The van der Waals surface area contributed by atoms with Gasteiger partial charge in [0.25, 0.3) is 11.5 Å². The minimum Gasteiger partial charge on any atom is -0.369 e. The fourth-order valence-electron chi connectivity index (χ4n) is 3.21. The largest absolute Gasteiger partial charge is 0.369 e. The van der Waals surface area contributed by atoms with Gasteiger partial charge in [0.05, 0.1) is 18.6 Å². The van der Waals surface area contributed by atoms with Gasteiger partial charge in [-0.15, -0.1) is 0 Å². The number of nitrogens with one attached hydrogen (secondary N) is 3. The van der Waals surface area contributed by atoms with Gasteiger partial charge in [-0.25, -0.2) is 0 Å². The maximum atomic E-state index is 12.4. The molecule has 0 bridgehead atoms. The molecule has 0 atom stereocenters. The average Bonchev–Trinajstić information content (AvgIpc) is 3.14. The van der Waals surface area contributed by atoms with Gasteiger partial charge in [0.1, 0.15) is 11.9 Å². The molecule has 31 heavy (non-hydrogen) atoms. The van der Waals surface area contributed by atoms with E-state index in [0.29, 0.717) is 29.4 Å². The van der Waals surface area contributed by atoms with Crippen LogP contribution in [-0.4, -0.2) is 40.4 Å². The summed E-state index contributed by atoms with van der Waals surface area (Å²) in [5.41, 5.74) is 8.02. The van der Waals surface area contributed by atoms with Crippen LogP contribution in [0.4, 0.5) is 5.95 Å². The molecule has 11 heteroatoms. The fraction of sp³-hybridized carbons (Fsp3) is 0.350. The lowest BCUT2D eigenvalue weighted by molar-refractivity contribution is 0.0954. The molecular weight excluding hydrogens is 421 g/mol. The highest BCUT2D eigenvalue weighted by atomic mass is 31.2. The molecule has 0 radical (unpaired) electrons. The van der Waals surface area contributed by atoms with E-state index in [1.807, 2.05) is 12.1 Å². The lowest BCUT2D eigenvalue weighted by Gasteiger charge is -2.17. The molecule has 0 saturated carbocycles. The smallest absolute Gasteiger partial charge is 0.349 e. The van der Waals surface area contributed by atoms with E-state index in [1.165, 1.54) is 0 Å². The Kier molecular flexibility index (Phi) is 7.27. The highest BCUT2D eigenvalue weighted by molar-refractivity contribution is 7.53. The molecule has 0 aliphatic heterocycles. The first-order chi connectivity index (χ1) is 14.8. The Balaban J connectivity index is 1.61. The van der Waals surface area contributed by atoms with Crippen molar-refractivity contribution in [1.29, 1.82) is 0 Å². The first-order valence-corrected chi connectivity index (χ1v) is 11.7. The van der Waals surface area contributed by atoms with Gasteiger partial charge in [0.15, 0.2) is 0 Å².